The number of aromatic nitrogens is 2. The maximum absolute atomic E-state index is 12.7. The topological polar surface area (TPSA) is 72.5 Å². The molecular formula is C20H24N4O3. The van der Waals surface area contributed by atoms with Crippen molar-refractivity contribution in [1.82, 2.24) is 20.0 Å². The van der Waals surface area contributed by atoms with Gasteiger partial charge in [0.05, 0.1) is 12.8 Å². The second-order valence-electron chi connectivity index (χ2n) is 6.49. The Balaban J connectivity index is 1.95. The van der Waals surface area contributed by atoms with Crippen LogP contribution in [0.5, 0.6) is 5.75 Å². The van der Waals surface area contributed by atoms with E-state index < -0.39 is 0 Å². The van der Waals surface area contributed by atoms with E-state index in [0.29, 0.717) is 23.7 Å². The van der Waals surface area contributed by atoms with E-state index in [0.717, 1.165) is 23.7 Å². The van der Waals surface area contributed by atoms with Gasteiger partial charge in [-0.1, -0.05) is 0 Å². The number of hydrogen-bond acceptors (Lipinski definition) is 5. The van der Waals surface area contributed by atoms with E-state index in [4.69, 9.17) is 9.15 Å². The molecule has 0 unspecified atom stereocenters. The molecule has 1 amide bonds. The van der Waals surface area contributed by atoms with Crippen molar-refractivity contribution in [1.29, 1.82) is 0 Å². The summed E-state index contributed by atoms with van der Waals surface area (Å²) in [4.78, 5) is 14.8. The summed E-state index contributed by atoms with van der Waals surface area (Å²) in [5.41, 5.74) is 1.82. The van der Waals surface area contributed by atoms with Gasteiger partial charge in [0.1, 0.15) is 22.9 Å². The molecule has 0 saturated heterocycles. The molecule has 27 heavy (non-hydrogen) atoms. The summed E-state index contributed by atoms with van der Waals surface area (Å²) in [6, 6.07) is 12.9. The number of likely N-dealkylation sites (N-methyl/N-ethyl adjacent to an activating group) is 1. The van der Waals surface area contributed by atoms with Gasteiger partial charge in [-0.2, -0.15) is 5.10 Å². The van der Waals surface area contributed by atoms with Crippen LogP contribution in [0, 0.1) is 6.92 Å². The number of carbonyl (C=O) groups excluding carboxylic acids is 1. The molecule has 0 bridgehead atoms. The van der Waals surface area contributed by atoms with Crippen LogP contribution in [0.2, 0.25) is 0 Å². The van der Waals surface area contributed by atoms with Crippen molar-refractivity contribution in [2.45, 2.75) is 6.92 Å². The minimum Gasteiger partial charge on any atom is -0.497 e. The lowest BCUT2D eigenvalue weighted by atomic mass is 10.2. The minimum atomic E-state index is -0.185. The smallest absolute Gasteiger partial charge is 0.270 e. The Morgan fingerprint density at radius 1 is 1.22 bits per heavy atom. The Morgan fingerprint density at radius 3 is 2.56 bits per heavy atom. The Kier molecular flexibility index (Phi) is 5.61. The number of ether oxygens (including phenoxy) is 1. The van der Waals surface area contributed by atoms with Crippen molar-refractivity contribution < 1.29 is 13.9 Å². The van der Waals surface area contributed by atoms with Crippen molar-refractivity contribution in [3.05, 3.63) is 53.9 Å². The largest absolute Gasteiger partial charge is 0.497 e. The zero-order chi connectivity index (χ0) is 19.4. The van der Waals surface area contributed by atoms with E-state index >= 15 is 0 Å². The number of carbonyl (C=O) groups is 1. The summed E-state index contributed by atoms with van der Waals surface area (Å²) >= 11 is 0. The lowest BCUT2D eigenvalue weighted by Gasteiger charge is -2.11. The summed E-state index contributed by atoms with van der Waals surface area (Å²) < 4.78 is 12.5. The van der Waals surface area contributed by atoms with Crippen LogP contribution >= 0.6 is 0 Å². The molecule has 2 heterocycles. The first-order chi connectivity index (χ1) is 13.0. The van der Waals surface area contributed by atoms with Crippen LogP contribution in [-0.4, -0.2) is 54.9 Å². The van der Waals surface area contributed by atoms with Gasteiger partial charge in [0.2, 0.25) is 0 Å². The molecule has 2 aromatic heterocycles. The highest BCUT2D eigenvalue weighted by Crippen LogP contribution is 2.24. The molecule has 7 heteroatoms. The highest BCUT2D eigenvalue weighted by Gasteiger charge is 2.19. The van der Waals surface area contributed by atoms with E-state index in [1.54, 1.807) is 17.9 Å². The monoisotopic (exact) mass is 368 g/mol. The van der Waals surface area contributed by atoms with Gasteiger partial charge in [0.15, 0.2) is 5.76 Å². The summed E-state index contributed by atoms with van der Waals surface area (Å²) in [6.07, 6.45) is 0. The number of aryl methyl sites for hydroxylation is 1. The van der Waals surface area contributed by atoms with Crippen molar-refractivity contribution in [3.8, 4) is 22.9 Å². The van der Waals surface area contributed by atoms with Crippen molar-refractivity contribution in [3.63, 3.8) is 0 Å². The SMILES string of the molecule is COc1ccc(-n2nc(-c3ccc(C)o3)cc2C(=O)NCCN(C)C)cc1. The molecule has 3 rings (SSSR count). The number of methoxy groups -OCH3 is 1. The van der Waals surface area contributed by atoms with E-state index in [2.05, 4.69) is 10.4 Å². The predicted molar refractivity (Wildman–Crippen MR) is 103 cm³/mol. The second-order valence-corrected chi connectivity index (χ2v) is 6.49. The minimum absolute atomic E-state index is 0.185. The molecule has 0 fully saturated rings. The normalized spacial score (nSPS) is 11.0. The number of nitrogens with one attached hydrogen (secondary N) is 1. The Labute approximate surface area is 158 Å². The highest BCUT2D eigenvalue weighted by atomic mass is 16.5. The predicted octanol–water partition coefficient (Wildman–Crippen LogP) is 2.74. The molecule has 0 atom stereocenters. The lowest BCUT2D eigenvalue weighted by Crippen LogP contribution is -2.32. The third-order valence-corrected chi connectivity index (χ3v) is 4.10. The maximum atomic E-state index is 12.7. The third kappa shape index (κ3) is 4.38. The fraction of sp³-hybridized carbons (Fsp3) is 0.300. The molecule has 1 N–H and O–H groups in total. The summed E-state index contributed by atoms with van der Waals surface area (Å²) in [7, 11) is 5.54. The van der Waals surface area contributed by atoms with Gasteiger partial charge in [-0.15, -0.1) is 0 Å². The van der Waals surface area contributed by atoms with Crippen LogP contribution in [0.1, 0.15) is 16.2 Å². The number of hydrogen-bond donors (Lipinski definition) is 1. The van der Waals surface area contributed by atoms with Crippen LogP contribution in [0.4, 0.5) is 0 Å². The van der Waals surface area contributed by atoms with Gasteiger partial charge in [0.25, 0.3) is 5.91 Å². The Bertz CT molecular complexity index is 910. The average Bonchev–Trinajstić information content (AvgIpc) is 3.28. The van der Waals surface area contributed by atoms with Crippen LogP contribution < -0.4 is 10.1 Å². The zero-order valence-corrected chi connectivity index (χ0v) is 16.0. The molecule has 0 aliphatic heterocycles. The molecule has 1 aromatic carbocycles. The van der Waals surface area contributed by atoms with E-state index in [1.807, 2.05) is 62.3 Å². The van der Waals surface area contributed by atoms with E-state index in [1.165, 1.54) is 0 Å². The first kappa shape index (κ1) is 18.7. The van der Waals surface area contributed by atoms with Gasteiger partial charge < -0.3 is 19.4 Å². The molecule has 0 spiro atoms. The molecule has 3 aromatic rings. The van der Waals surface area contributed by atoms with Gasteiger partial charge in [-0.3, -0.25) is 4.79 Å². The quantitative estimate of drug-likeness (QED) is 0.694. The fourth-order valence-corrected chi connectivity index (χ4v) is 2.64. The van der Waals surface area contributed by atoms with E-state index in [-0.39, 0.29) is 5.91 Å². The van der Waals surface area contributed by atoms with Gasteiger partial charge >= 0.3 is 0 Å². The molecular weight excluding hydrogens is 344 g/mol. The Hall–Kier alpha value is -3.06. The van der Waals surface area contributed by atoms with Crippen molar-refractivity contribution >= 4 is 5.91 Å². The third-order valence-electron chi connectivity index (χ3n) is 4.10. The standard InChI is InChI=1S/C20H24N4O3/c1-14-5-10-19(27-14)17-13-18(20(25)21-11-12-23(2)3)24(22-17)15-6-8-16(26-4)9-7-15/h5-10,13H,11-12H2,1-4H3,(H,21,25). The highest BCUT2D eigenvalue weighted by molar-refractivity contribution is 5.94. The summed E-state index contributed by atoms with van der Waals surface area (Å²) in [6.45, 7) is 3.18. The molecule has 0 saturated carbocycles. The van der Waals surface area contributed by atoms with Gasteiger partial charge in [-0.05, 0) is 57.4 Å². The number of furan rings is 1. The number of benzene rings is 1. The Morgan fingerprint density at radius 2 is 1.96 bits per heavy atom. The molecule has 0 aliphatic rings. The molecule has 142 valence electrons. The molecule has 0 radical (unpaired) electrons. The summed E-state index contributed by atoms with van der Waals surface area (Å²) in [5.74, 6) is 1.97. The van der Waals surface area contributed by atoms with E-state index in [9.17, 15) is 4.79 Å². The van der Waals surface area contributed by atoms with Crippen LogP contribution in [0.15, 0.2) is 46.9 Å². The maximum Gasteiger partial charge on any atom is 0.270 e. The fourth-order valence-electron chi connectivity index (χ4n) is 2.64. The molecule has 0 aliphatic carbocycles. The first-order valence-corrected chi connectivity index (χ1v) is 8.72. The average molecular weight is 368 g/mol. The van der Waals surface area contributed by atoms with Gasteiger partial charge in [-0.25, -0.2) is 4.68 Å². The van der Waals surface area contributed by atoms with Gasteiger partial charge in [0, 0.05) is 19.2 Å². The second kappa shape index (κ2) is 8.09. The zero-order valence-electron chi connectivity index (χ0n) is 16.0. The lowest BCUT2D eigenvalue weighted by molar-refractivity contribution is 0.0943. The number of amides is 1. The van der Waals surface area contributed by atoms with Crippen molar-refractivity contribution in [2.24, 2.45) is 0 Å². The number of nitrogens with zero attached hydrogens (tertiary/aromatic N) is 3. The summed E-state index contributed by atoms with van der Waals surface area (Å²) in [5, 5.41) is 7.53. The van der Waals surface area contributed by atoms with Crippen molar-refractivity contribution in [2.75, 3.05) is 34.3 Å². The molecule has 7 nitrogen and oxygen atoms in total. The number of rotatable bonds is 7. The van der Waals surface area contributed by atoms with Crippen LogP contribution in [0.25, 0.3) is 17.1 Å². The van der Waals surface area contributed by atoms with Crippen LogP contribution in [0.3, 0.4) is 0 Å². The van der Waals surface area contributed by atoms with Crippen LogP contribution in [-0.2, 0) is 0 Å². The first-order valence-electron chi connectivity index (χ1n) is 8.72.